The van der Waals surface area contributed by atoms with Gasteiger partial charge in [0, 0.05) is 11.5 Å². The molecule has 1 amide bonds. The van der Waals surface area contributed by atoms with Crippen LogP contribution in [0.1, 0.15) is 46.0 Å². The first-order valence-electron chi connectivity index (χ1n) is 5.47. The van der Waals surface area contributed by atoms with E-state index in [0.29, 0.717) is 11.9 Å². The molecule has 0 spiro atoms. The molecule has 0 heterocycles. The lowest BCUT2D eigenvalue weighted by atomic mass is 9.70. The molecule has 1 N–H and O–H groups in total. The Kier molecular flexibility index (Phi) is 2.09. The topological polar surface area (TPSA) is 29.1 Å². The van der Waals surface area contributed by atoms with Crippen molar-refractivity contribution < 1.29 is 4.79 Å². The molecule has 0 aromatic heterocycles. The molecule has 2 aliphatic carbocycles. The molecule has 0 unspecified atom stereocenters. The molecule has 13 heavy (non-hydrogen) atoms. The summed E-state index contributed by atoms with van der Waals surface area (Å²) in [4.78, 5) is 11.7. The molecule has 2 aliphatic rings. The minimum atomic E-state index is -0.0130. The summed E-state index contributed by atoms with van der Waals surface area (Å²) in [5.41, 5.74) is -0.0130. The lowest BCUT2D eigenvalue weighted by Crippen LogP contribution is -2.44. The van der Waals surface area contributed by atoms with Gasteiger partial charge < -0.3 is 5.32 Å². The van der Waals surface area contributed by atoms with Gasteiger partial charge in [-0.25, -0.2) is 0 Å². The van der Waals surface area contributed by atoms with Gasteiger partial charge in [-0.3, -0.25) is 4.79 Å². The molecule has 2 nitrogen and oxygen atoms in total. The molecule has 74 valence electrons. The smallest absolute Gasteiger partial charge is 0.226 e. The SMILES string of the molecule is CC[C@@H]1C[C@H]1NC(=O)C1(C)CCC1. The molecule has 0 saturated heterocycles. The average Bonchev–Trinajstić information content (AvgIpc) is 2.79. The minimum absolute atomic E-state index is 0.0130. The van der Waals surface area contributed by atoms with Crippen LogP contribution in [-0.2, 0) is 4.79 Å². The van der Waals surface area contributed by atoms with Crippen molar-refractivity contribution in [1.29, 1.82) is 0 Å². The number of carbonyl (C=O) groups excluding carboxylic acids is 1. The number of hydrogen-bond donors (Lipinski definition) is 1. The van der Waals surface area contributed by atoms with Gasteiger partial charge in [-0.15, -0.1) is 0 Å². The molecule has 2 fully saturated rings. The van der Waals surface area contributed by atoms with Gasteiger partial charge in [-0.2, -0.15) is 0 Å². The van der Waals surface area contributed by atoms with Gasteiger partial charge in [0.05, 0.1) is 0 Å². The van der Waals surface area contributed by atoms with E-state index in [4.69, 9.17) is 0 Å². The van der Waals surface area contributed by atoms with Crippen LogP contribution in [0.15, 0.2) is 0 Å². The first-order chi connectivity index (χ1) is 6.15. The number of carbonyl (C=O) groups is 1. The van der Waals surface area contributed by atoms with Crippen molar-refractivity contribution in [2.45, 2.75) is 52.0 Å². The van der Waals surface area contributed by atoms with Crippen LogP contribution < -0.4 is 5.32 Å². The lowest BCUT2D eigenvalue weighted by Gasteiger charge is -2.36. The van der Waals surface area contributed by atoms with Crippen LogP contribution in [0, 0.1) is 11.3 Å². The van der Waals surface area contributed by atoms with Crippen molar-refractivity contribution in [3.05, 3.63) is 0 Å². The molecule has 2 saturated carbocycles. The second-order valence-electron chi connectivity index (χ2n) is 4.90. The Morgan fingerprint density at radius 3 is 2.62 bits per heavy atom. The maximum atomic E-state index is 11.7. The first kappa shape index (κ1) is 9.04. The maximum absolute atomic E-state index is 11.7. The molecule has 0 aliphatic heterocycles. The highest BCUT2D eigenvalue weighted by Crippen LogP contribution is 2.42. The summed E-state index contributed by atoms with van der Waals surface area (Å²) in [7, 11) is 0. The van der Waals surface area contributed by atoms with Gasteiger partial charge in [0.1, 0.15) is 0 Å². The average molecular weight is 181 g/mol. The number of amides is 1. The van der Waals surface area contributed by atoms with Crippen molar-refractivity contribution in [3.8, 4) is 0 Å². The van der Waals surface area contributed by atoms with Gasteiger partial charge in [0.2, 0.25) is 5.91 Å². The number of rotatable bonds is 3. The number of nitrogens with one attached hydrogen (secondary N) is 1. The molecule has 2 atom stereocenters. The van der Waals surface area contributed by atoms with Gasteiger partial charge in [0.15, 0.2) is 0 Å². The summed E-state index contributed by atoms with van der Waals surface area (Å²) in [6, 6.07) is 0.509. The zero-order valence-corrected chi connectivity index (χ0v) is 8.60. The summed E-state index contributed by atoms with van der Waals surface area (Å²) in [5, 5.41) is 3.16. The van der Waals surface area contributed by atoms with Crippen molar-refractivity contribution >= 4 is 5.91 Å². The zero-order chi connectivity index (χ0) is 9.47. The molecule has 0 radical (unpaired) electrons. The summed E-state index contributed by atoms with van der Waals surface area (Å²) >= 11 is 0. The Balaban J connectivity index is 1.79. The van der Waals surface area contributed by atoms with Crippen molar-refractivity contribution in [1.82, 2.24) is 5.32 Å². The molecule has 2 rings (SSSR count). The number of hydrogen-bond acceptors (Lipinski definition) is 1. The normalized spacial score (nSPS) is 34.9. The second-order valence-corrected chi connectivity index (χ2v) is 4.90. The predicted molar refractivity (Wildman–Crippen MR) is 52.3 cm³/mol. The summed E-state index contributed by atoms with van der Waals surface area (Å²) in [6.45, 7) is 4.29. The Morgan fingerprint density at radius 2 is 2.23 bits per heavy atom. The molecule has 0 aromatic rings. The Hall–Kier alpha value is -0.530. The van der Waals surface area contributed by atoms with E-state index in [1.807, 2.05) is 0 Å². The van der Waals surface area contributed by atoms with Gasteiger partial charge in [-0.1, -0.05) is 26.7 Å². The van der Waals surface area contributed by atoms with Crippen molar-refractivity contribution in [3.63, 3.8) is 0 Å². The fraction of sp³-hybridized carbons (Fsp3) is 0.909. The third kappa shape index (κ3) is 1.59. The standard InChI is InChI=1S/C11H19NO/c1-3-8-7-9(8)12-10(13)11(2)5-4-6-11/h8-9H,3-7H2,1-2H3,(H,12,13)/t8-,9-/m1/s1. The van der Waals surface area contributed by atoms with E-state index in [1.54, 1.807) is 0 Å². The summed E-state index contributed by atoms with van der Waals surface area (Å²) in [6.07, 6.45) is 5.82. The third-order valence-electron chi connectivity index (χ3n) is 3.77. The first-order valence-corrected chi connectivity index (χ1v) is 5.47. The van der Waals surface area contributed by atoms with Crippen LogP contribution in [0.3, 0.4) is 0 Å². The molecule has 0 aromatic carbocycles. The highest BCUT2D eigenvalue weighted by Gasteiger charge is 2.44. The van der Waals surface area contributed by atoms with Gasteiger partial charge in [0.25, 0.3) is 0 Å². The molecule has 0 bridgehead atoms. The fourth-order valence-corrected chi connectivity index (χ4v) is 2.15. The van der Waals surface area contributed by atoms with Crippen molar-refractivity contribution in [2.75, 3.05) is 0 Å². The predicted octanol–water partition coefficient (Wildman–Crippen LogP) is 2.09. The Bertz CT molecular complexity index is 220. The van der Waals surface area contributed by atoms with Crippen LogP contribution in [-0.4, -0.2) is 11.9 Å². The summed E-state index contributed by atoms with van der Waals surface area (Å²) < 4.78 is 0. The van der Waals surface area contributed by atoms with E-state index in [1.165, 1.54) is 19.3 Å². The maximum Gasteiger partial charge on any atom is 0.226 e. The molecule has 2 heteroatoms. The zero-order valence-electron chi connectivity index (χ0n) is 8.60. The minimum Gasteiger partial charge on any atom is -0.353 e. The monoisotopic (exact) mass is 181 g/mol. The quantitative estimate of drug-likeness (QED) is 0.709. The van der Waals surface area contributed by atoms with Crippen LogP contribution in [0.5, 0.6) is 0 Å². The highest BCUT2D eigenvalue weighted by atomic mass is 16.2. The summed E-state index contributed by atoms with van der Waals surface area (Å²) in [5.74, 6) is 1.08. The highest BCUT2D eigenvalue weighted by molar-refractivity contribution is 5.83. The third-order valence-corrected chi connectivity index (χ3v) is 3.77. The van der Waals surface area contributed by atoms with E-state index in [-0.39, 0.29) is 5.41 Å². The second kappa shape index (κ2) is 3.00. The van der Waals surface area contributed by atoms with E-state index < -0.39 is 0 Å². The Labute approximate surface area is 80.1 Å². The van der Waals surface area contributed by atoms with E-state index >= 15 is 0 Å². The van der Waals surface area contributed by atoms with Crippen LogP contribution in [0.25, 0.3) is 0 Å². The fourth-order valence-electron chi connectivity index (χ4n) is 2.15. The van der Waals surface area contributed by atoms with E-state index in [2.05, 4.69) is 19.2 Å². The molecular weight excluding hydrogens is 162 g/mol. The Morgan fingerprint density at radius 1 is 1.54 bits per heavy atom. The largest absolute Gasteiger partial charge is 0.353 e. The van der Waals surface area contributed by atoms with Gasteiger partial charge >= 0.3 is 0 Å². The molecular formula is C11H19NO. The van der Waals surface area contributed by atoms with Crippen LogP contribution in [0.4, 0.5) is 0 Å². The van der Waals surface area contributed by atoms with Gasteiger partial charge in [-0.05, 0) is 25.2 Å². The van der Waals surface area contributed by atoms with Crippen LogP contribution >= 0.6 is 0 Å². The van der Waals surface area contributed by atoms with Crippen LogP contribution in [0.2, 0.25) is 0 Å². The van der Waals surface area contributed by atoms with E-state index in [9.17, 15) is 4.79 Å². The van der Waals surface area contributed by atoms with E-state index in [0.717, 1.165) is 18.8 Å². The van der Waals surface area contributed by atoms with Crippen molar-refractivity contribution in [2.24, 2.45) is 11.3 Å². The lowest BCUT2D eigenvalue weighted by molar-refractivity contribution is -0.134.